The molecule has 0 amide bonds. The van der Waals surface area contributed by atoms with Crippen molar-refractivity contribution in [1.29, 1.82) is 0 Å². The number of ether oxygens (including phenoxy) is 2. The molecule has 1 unspecified atom stereocenters. The minimum absolute atomic E-state index is 0.0920. The predicted octanol–water partition coefficient (Wildman–Crippen LogP) is 11.6. The highest BCUT2D eigenvalue weighted by molar-refractivity contribution is 5.70. The van der Waals surface area contributed by atoms with E-state index >= 15 is 0 Å². The molecule has 47 heavy (non-hydrogen) atoms. The van der Waals surface area contributed by atoms with E-state index in [-0.39, 0.29) is 25.2 Å². The molecule has 0 saturated heterocycles. The number of rotatable bonds is 32. The van der Waals surface area contributed by atoms with Crippen LogP contribution in [0.15, 0.2) is 85.1 Å². The minimum Gasteiger partial charge on any atom is -0.462 e. The van der Waals surface area contributed by atoms with Crippen LogP contribution >= 0.6 is 0 Å². The van der Waals surface area contributed by atoms with Crippen molar-refractivity contribution in [1.82, 2.24) is 0 Å². The number of carbonyl (C=O) groups is 2. The Labute approximate surface area is 288 Å². The van der Waals surface area contributed by atoms with Crippen molar-refractivity contribution >= 4 is 11.9 Å². The van der Waals surface area contributed by atoms with Crippen molar-refractivity contribution in [2.24, 2.45) is 0 Å². The summed E-state index contributed by atoms with van der Waals surface area (Å²) in [4.78, 5) is 24.2. The molecule has 1 atom stereocenters. The van der Waals surface area contributed by atoms with Gasteiger partial charge in [0, 0.05) is 12.8 Å². The molecular formula is C42H68O5. The van der Waals surface area contributed by atoms with Gasteiger partial charge in [0.05, 0.1) is 6.61 Å². The number of aliphatic hydroxyl groups is 1. The normalized spacial score (nSPS) is 13.2. The molecule has 0 rings (SSSR count). The molecule has 0 bridgehead atoms. The first-order valence-electron chi connectivity index (χ1n) is 18.6. The Bertz CT molecular complexity index is 921. The van der Waals surface area contributed by atoms with E-state index < -0.39 is 6.10 Å². The zero-order valence-corrected chi connectivity index (χ0v) is 30.0. The summed E-state index contributed by atoms with van der Waals surface area (Å²) in [5, 5.41) is 9.53. The van der Waals surface area contributed by atoms with E-state index in [1.54, 1.807) is 0 Å². The summed E-state index contributed by atoms with van der Waals surface area (Å²) in [5.41, 5.74) is 0. The second-order valence-electron chi connectivity index (χ2n) is 11.9. The summed E-state index contributed by atoms with van der Waals surface area (Å²) >= 11 is 0. The molecule has 0 aromatic carbocycles. The topological polar surface area (TPSA) is 72.8 Å². The maximum Gasteiger partial charge on any atom is 0.306 e. The van der Waals surface area contributed by atoms with Gasteiger partial charge in [-0.2, -0.15) is 0 Å². The van der Waals surface area contributed by atoms with Crippen LogP contribution in [0.25, 0.3) is 0 Å². The van der Waals surface area contributed by atoms with Crippen molar-refractivity contribution < 1.29 is 24.2 Å². The number of hydrogen-bond donors (Lipinski definition) is 1. The summed E-state index contributed by atoms with van der Waals surface area (Å²) in [6.45, 7) is 3.92. The van der Waals surface area contributed by atoms with E-state index in [1.165, 1.54) is 25.7 Å². The van der Waals surface area contributed by atoms with Crippen LogP contribution in [0, 0.1) is 0 Å². The predicted molar refractivity (Wildman–Crippen MR) is 200 cm³/mol. The van der Waals surface area contributed by atoms with Crippen LogP contribution in [-0.4, -0.2) is 36.4 Å². The highest BCUT2D eigenvalue weighted by Gasteiger charge is 2.16. The Kier molecular flexibility index (Phi) is 35.2. The molecule has 266 valence electrons. The van der Waals surface area contributed by atoms with Crippen molar-refractivity contribution in [2.75, 3.05) is 13.2 Å². The quantitative estimate of drug-likeness (QED) is 0.0445. The molecule has 0 spiro atoms. The van der Waals surface area contributed by atoms with Crippen LogP contribution in [0.3, 0.4) is 0 Å². The van der Waals surface area contributed by atoms with Gasteiger partial charge in [-0.25, -0.2) is 0 Å². The number of esters is 2. The Morgan fingerprint density at radius 1 is 0.511 bits per heavy atom. The van der Waals surface area contributed by atoms with E-state index in [1.807, 2.05) is 0 Å². The standard InChI is InChI=1S/C42H68O5/c1-3-5-7-9-11-13-15-17-19-20-21-22-23-25-27-29-31-33-35-37-42(45)47-40(38-43)39-46-41(44)36-34-32-30-28-26-24-18-16-14-12-10-8-6-4-2/h5,7,10-13,16-19,21-22,25,27,40,43H,3-4,6,8-9,14-15,20,23-24,26,28-39H2,1-2H3/b7-5-,12-10-,13-11-,18-16-,19-17-,22-21-,27-25-. The van der Waals surface area contributed by atoms with Crippen LogP contribution in [0.5, 0.6) is 0 Å². The number of aliphatic hydroxyl groups excluding tert-OH is 1. The van der Waals surface area contributed by atoms with Gasteiger partial charge < -0.3 is 14.6 Å². The molecule has 0 aliphatic carbocycles. The average Bonchev–Trinajstić information content (AvgIpc) is 3.07. The van der Waals surface area contributed by atoms with Gasteiger partial charge in [0.15, 0.2) is 6.10 Å². The van der Waals surface area contributed by atoms with Crippen LogP contribution in [-0.2, 0) is 19.1 Å². The first-order valence-corrected chi connectivity index (χ1v) is 18.6. The van der Waals surface area contributed by atoms with Gasteiger partial charge >= 0.3 is 11.9 Å². The number of allylic oxidation sites excluding steroid dienone is 14. The second-order valence-corrected chi connectivity index (χ2v) is 11.9. The molecule has 5 nitrogen and oxygen atoms in total. The molecule has 0 aromatic heterocycles. The molecule has 0 aromatic rings. The lowest BCUT2D eigenvalue weighted by atomic mass is 10.1. The van der Waals surface area contributed by atoms with E-state index in [9.17, 15) is 14.7 Å². The van der Waals surface area contributed by atoms with Crippen LogP contribution in [0.2, 0.25) is 0 Å². The Balaban J connectivity index is 3.71. The summed E-state index contributed by atoms with van der Waals surface area (Å²) in [7, 11) is 0. The molecule has 0 fully saturated rings. The molecule has 0 heterocycles. The van der Waals surface area contributed by atoms with Crippen molar-refractivity contribution in [3.05, 3.63) is 85.1 Å². The molecule has 5 heteroatoms. The van der Waals surface area contributed by atoms with Crippen LogP contribution < -0.4 is 0 Å². The maximum absolute atomic E-state index is 12.1. The monoisotopic (exact) mass is 653 g/mol. The molecule has 1 N–H and O–H groups in total. The van der Waals surface area contributed by atoms with Gasteiger partial charge in [-0.15, -0.1) is 0 Å². The highest BCUT2D eigenvalue weighted by atomic mass is 16.6. The number of unbranched alkanes of at least 4 members (excludes halogenated alkanes) is 10. The zero-order chi connectivity index (χ0) is 34.3. The molecule has 0 saturated carbocycles. The van der Waals surface area contributed by atoms with Gasteiger partial charge in [-0.1, -0.05) is 137 Å². The lowest BCUT2D eigenvalue weighted by Crippen LogP contribution is -2.28. The number of hydrogen-bond acceptors (Lipinski definition) is 5. The highest BCUT2D eigenvalue weighted by Crippen LogP contribution is 2.10. The van der Waals surface area contributed by atoms with Crippen LogP contribution in [0.4, 0.5) is 0 Å². The van der Waals surface area contributed by atoms with Crippen molar-refractivity contribution in [2.45, 2.75) is 155 Å². The molecule has 0 radical (unpaired) electrons. The van der Waals surface area contributed by atoms with Crippen LogP contribution in [0.1, 0.15) is 149 Å². The largest absolute Gasteiger partial charge is 0.462 e. The zero-order valence-electron chi connectivity index (χ0n) is 30.0. The summed E-state index contributed by atoms with van der Waals surface area (Å²) in [6.07, 6.45) is 50.6. The third kappa shape index (κ3) is 35.8. The van der Waals surface area contributed by atoms with E-state index in [0.29, 0.717) is 12.8 Å². The molecule has 0 aliphatic heterocycles. The van der Waals surface area contributed by atoms with Gasteiger partial charge in [0.2, 0.25) is 0 Å². The molecule has 0 aliphatic rings. The fraction of sp³-hybridized carbons (Fsp3) is 0.619. The van der Waals surface area contributed by atoms with Crippen molar-refractivity contribution in [3.63, 3.8) is 0 Å². The lowest BCUT2D eigenvalue weighted by Gasteiger charge is -2.15. The van der Waals surface area contributed by atoms with E-state index in [4.69, 9.17) is 9.47 Å². The molecular weight excluding hydrogens is 584 g/mol. The second kappa shape index (κ2) is 37.5. The van der Waals surface area contributed by atoms with Gasteiger partial charge in [-0.05, 0) is 83.5 Å². The lowest BCUT2D eigenvalue weighted by molar-refractivity contribution is -0.161. The summed E-state index contributed by atoms with van der Waals surface area (Å²) in [5.74, 6) is -0.655. The SMILES string of the molecule is CC/C=C\C/C=C\C/C=C\C/C=C\C/C=C\CCCCCC(=O)OC(CO)COC(=O)CCCCCCC/C=C\C/C=C\CCCC. The minimum atomic E-state index is -0.798. The first kappa shape index (κ1) is 44.1. The summed E-state index contributed by atoms with van der Waals surface area (Å²) in [6, 6.07) is 0. The fourth-order valence-corrected chi connectivity index (χ4v) is 4.59. The Morgan fingerprint density at radius 2 is 0.915 bits per heavy atom. The smallest absolute Gasteiger partial charge is 0.306 e. The van der Waals surface area contributed by atoms with Crippen molar-refractivity contribution in [3.8, 4) is 0 Å². The number of carbonyl (C=O) groups excluding carboxylic acids is 2. The maximum atomic E-state index is 12.1. The third-order valence-electron chi connectivity index (χ3n) is 7.42. The Morgan fingerprint density at radius 3 is 1.40 bits per heavy atom. The first-order chi connectivity index (χ1) is 23.1. The third-order valence-corrected chi connectivity index (χ3v) is 7.42. The average molecular weight is 653 g/mol. The fourth-order valence-electron chi connectivity index (χ4n) is 4.59. The summed E-state index contributed by atoms with van der Waals surface area (Å²) < 4.78 is 10.6. The van der Waals surface area contributed by atoms with Gasteiger partial charge in [0.1, 0.15) is 6.61 Å². The Hall–Kier alpha value is -2.92. The van der Waals surface area contributed by atoms with Gasteiger partial charge in [0.25, 0.3) is 0 Å². The van der Waals surface area contributed by atoms with E-state index in [0.717, 1.165) is 96.3 Å². The van der Waals surface area contributed by atoms with Gasteiger partial charge in [-0.3, -0.25) is 9.59 Å². The van der Waals surface area contributed by atoms with E-state index in [2.05, 4.69) is 98.9 Å².